The first-order valence-corrected chi connectivity index (χ1v) is 6.88. The first kappa shape index (κ1) is 11.2. The van der Waals surface area contributed by atoms with E-state index in [1.165, 1.54) is 25.7 Å². The van der Waals surface area contributed by atoms with E-state index in [9.17, 15) is 0 Å². The fourth-order valence-electron chi connectivity index (χ4n) is 3.27. The highest BCUT2D eigenvalue weighted by molar-refractivity contribution is 4.99. The van der Waals surface area contributed by atoms with Crippen molar-refractivity contribution in [3.05, 3.63) is 11.6 Å². The van der Waals surface area contributed by atoms with Crippen molar-refractivity contribution in [3.63, 3.8) is 0 Å². The smallest absolute Gasteiger partial charge is 0.153 e. The van der Waals surface area contributed by atoms with Gasteiger partial charge in [0.05, 0.1) is 0 Å². The minimum absolute atomic E-state index is 0.421. The maximum Gasteiger partial charge on any atom is 0.153 e. The average molecular weight is 234 g/mol. The molecule has 17 heavy (non-hydrogen) atoms. The number of aromatic nitrogens is 3. The van der Waals surface area contributed by atoms with E-state index >= 15 is 0 Å². The second kappa shape index (κ2) is 4.41. The standard InChI is InChI=1S/C13H22N4/c1-8(2)13-15-12(16-17-13)7-9-5-10-3-4-11(6-9)14-10/h8-11,14H,3-7H2,1-2H3,(H,15,16,17). The summed E-state index contributed by atoms with van der Waals surface area (Å²) >= 11 is 0. The Kier molecular flexibility index (Phi) is 2.90. The second-order valence-corrected chi connectivity index (χ2v) is 5.97. The van der Waals surface area contributed by atoms with Gasteiger partial charge in [0.25, 0.3) is 0 Å². The van der Waals surface area contributed by atoms with Crippen molar-refractivity contribution >= 4 is 0 Å². The highest BCUT2D eigenvalue weighted by Crippen LogP contribution is 2.32. The van der Waals surface area contributed by atoms with Gasteiger partial charge in [-0.05, 0) is 31.6 Å². The Morgan fingerprint density at radius 2 is 1.94 bits per heavy atom. The molecule has 2 fully saturated rings. The molecule has 2 N–H and O–H groups in total. The minimum atomic E-state index is 0.421. The number of H-pyrrole nitrogens is 1. The predicted molar refractivity (Wildman–Crippen MR) is 66.8 cm³/mol. The van der Waals surface area contributed by atoms with Crippen LogP contribution in [0.3, 0.4) is 0 Å². The van der Waals surface area contributed by atoms with E-state index in [-0.39, 0.29) is 0 Å². The van der Waals surface area contributed by atoms with Crippen LogP contribution in [-0.2, 0) is 6.42 Å². The zero-order chi connectivity index (χ0) is 11.8. The Bertz CT molecular complexity index is 373. The van der Waals surface area contributed by atoms with Gasteiger partial charge >= 0.3 is 0 Å². The molecule has 0 spiro atoms. The summed E-state index contributed by atoms with van der Waals surface area (Å²) < 4.78 is 0. The number of hydrogen-bond donors (Lipinski definition) is 2. The summed E-state index contributed by atoms with van der Waals surface area (Å²) in [7, 11) is 0. The molecule has 1 aromatic heterocycles. The zero-order valence-corrected chi connectivity index (χ0v) is 10.7. The first-order chi connectivity index (χ1) is 8.20. The van der Waals surface area contributed by atoms with Crippen LogP contribution in [0, 0.1) is 5.92 Å². The van der Waals surface area contributed by atoms with Gasteiger partial charge < -0.3 is 5.32 Å². The molecule has 2 aliphatic rings. The van der Waals surface area contributed by atoms with E-state index in [0.717, 1.165) is 36.1 Å². The van der Waals surface area contributed by atoms with Crippen LogP contribution in [0.4, 0.5) is 0 Å². The molecule has 94 valence electrons. The molecule has 4 heteroatoms. The van der Waals surface area contributed by atoms with Crippen LogP contribution in [0.15, 0.2) is 0 Å². The van der Waals surface area contributed by atoms with Gasteiger partial charge in [0.2, 0.25) is 0 Å². The first-order valence-electron chi connectivity index (χ1n) is 6.88. The molecule has 0 aliphatic carbocycles. The van der Waals surface area contributed by atoms with Crippen molar-refractivity contribution in [2.24, 2.45) is 5.92 Å². The molecule has 0 aromatic carbocycles. The van der Waals surface area contributed by atoms with Gasteiger partial charge in [0.1, 0.15) is 5.82 Å². The van der Waals surface area contributed by atoms with Crippen LogP contribution < -0.4 is 5.32 Å². The van der Waals surface area contributed by atoms with Gasteiger partial charge in [-0.3, -0.25) is 5.10 Å². The van der Waals surface area contributed by atoms with Gasteiger partial charge in [-0.25, -0.2) is 4.98 Å². The number of fused-ring (bicyclic) bond motifs is 2. The van der Waals surface area contributed by atoms with E-state index in [2.05, 4.69) is 34.3 Å². The molecule has 2 bridgehead atoms. The molecule has 1 aromatic rings. The number of nitrogens with one attached hydrogen (secondary N) is 2. The molecule has 4 nitrogen and oxygen atoms in total. The Hall–Kier alpha value is -0.900. The van der Waals surface area contributed by atoms with E-state index in [0.29, 0.717) is 5.92 Å². The lowest BCUT2D eigenvalue weighted by Crippen LogP contribution is -2.38. The highest BCUT2D eigenvalue weighted by Gasteiger charge is 2.33. The SMILES string of the molecule is CC(C)c1n[nH]c(CC2CC3CCC(C2)N3)n1. The molecule has 3 rings (SSSR count). The molecule has 2 aliphatic heterocycles. The molecular formula is C13H22N4. The van der Waals surface area contributed by atoms with Gasteiger partial charge in [0, 0.05) is 24.4 Å². The summed E-state index contributed by atoms with van der Waals surface area (Å²) in [6.45, 7) is 4.27. The number of nitrogens with zero attached hydrogens (tertiary/aromatic N) is 2. The largest absolute Gasteiger partial charge is 0.311 e. The van der Waals surface area contributed by atoms with Crippen LogP contribution in [0.25, 0.3) is 0 Å². The van der Waals surface area contributed by atoms with Gasteiger partial charge in [-0.1, -0.05) is 13.8 Å². The lowest BCUT2D eigenvalue weighted by molar-refractivity contribution is 0.295. The Morgan fingerprint density at radius 1 is 1.24 bits per heavy atom. The van der Waals surface area contributed by atoms with Crippen LogP contribution in [0.5, 0.6) is 0 Å². The fraction of sp³-hybridized carbons (Fsp3) is 0.846. The molecule has 0 amide bonds. The van der Waals surface area contributed by atoms with Gasteiger partial charge in [0.15, 0.2) is 5.82 Å². The lowest BCUT2D eigenvalue weighted by atomic mass is 9.89. The topological polar surface area (TPSA) is 53.6 Å². The Balaban J connectivity index is 1.62. The third kappa shape index (κ3) is 2.37. The van der Waals surface area contributed by atoms with Crippen LogP contribution in [0.2, 0.25) is 0 Å². The summed E-state index contributed by atoms with van der Waals surface area (Å²) in [5.41, 5.74) is 0. The summed E-state index contributed by atoms with van der Waals surface area (Å²) in [5.74, 6) is 3.25. The minimum Gasteiger partial charge on any atom is -0.311 e. The normalized spacial score (nSPS) is 32.3. The predicted octanol–water partition coefficient (Wildman–Crippen LogP) is 2.00. The highest BCUT2D eigenvalue weighted by atomic mass is 15.2. The molecule has 2 unspecified atom stereocenters. The summed E-state index contributed by atoms with van der Waals surface area (Å²) in [6, 6.07) is 1.54. The lowest BCUT2D eigenvalue weighted by Gasteiger charge is -2.28. The monoisotopic (exact) mass is 234 g/mol. The quantitative estimate of drug-likeness (QED) is 0.841. The second-order valence-electron chi connectivity index (χ2n) is 5.97. The van der Waals surface area contributed by atoms with Crippen LogP contribution in [-0.4, -0.2) is 27.3 Å². The van der Waals surface area contributed by atoms with Crippen molar-refractivity contribution < 1.29 is 0 Å². The maximum atomic E-state index is 4.59. The number of piperidine rings is 1. The van der Waals surface area contributed by atoms with Gasteiger partial charge in [-0.2, -0.15) is 5.10 Å². The number of hydrogen-bond acceptors (Lipinski definition) is 3. The fourth-order valence-corrected chi connectivity index (χ4v) is 3.27. The van der Waals surface area contributed by atoms with Crippen molar-refractivity contribution in [3.8, 4) is 0 Å². The van der Waals surface area contributed by atoms with E-state index in [1.54, 1.807) is 0 Å². The van der Waals surface area contributed by atoms with Crippen molar-refractivity contribution in [1.82, 2.24) is 20.5 Å². The zero-order valence-electron chi connectivity index (χ0n) is 10.7. The van der Waals surface area contributed by atoms with E-state index < -0.39 is 0 Å². The Labute approximate surface area is 103 Å². The molecular weight excluding hydrogens is 212 g/mol. The third-order valence-electron chi connectivity index (χ3n) is 4.12. The molecule has 2 atom stereocenters. The molecule has 2 saturated heterocycles. The van der Waals surface area contributed by atoms with Crippen molar-refractivity contribution in [2.45, 2.75) is 64.0 Å². The van der Waals surface area contributed by atoms with Crippen molar-refractivity contribution in [1.29, 1.82) is 0 Å². The van der Waals surface area contributed by atoms with E-state index in [1.807, 2.05) is 0 Å². The third-order valence-corrected chi connectivity index (χ3v) is 4.12. The maximum absolute atomic E-state index is 4.59. The van der Waals surface area contributed by atoms with E-state index in [4.69, 9.17) is 0 Å². The Morgan fingerprint density at radius 3 is 2.53 bits per heavy atom. The van der Waals surface area contributed by atoms with Crippen molar-refractivity contribution in [2.75, 3.05) is 0 Å². The summed E-state index contributed by atoms with van der Waals surface area (Å²) in [5, 5.41) is 11.1. The summed E-state index contributed by atoms with van der Waals surface area (Å²) in [4.78, 5) is 4.59. The molecule has 0 radical (unpaired) electrons. The number of rotatable bonds is 3. The van der Waals surface area contributed by atoms with Crippen LogP contribution in [0.1, 0.15) is 57.1 Å². The van der Waals surface area contributed by atoms with Crippen LogP contribution >= 0.6 is 0 Å². The van der Waals surface area contributed by atoms with Gasteiger partial charge in [-0.15, -0.1) is 0 Å². The molecule has 3 heterocycles. The summed E-state index contributed by atoms with van der Waals surface area (Å²) in [6.07, 6.45) is 6.44. The number of aromatic amines is 1. The molecule has 0 saturated carbocycles. The average Bonchev–Trinajstić information content (AvgIpc) is 2.86.